The molecule has 0 aromatic heterocycles. The van der Waals surface area contributed by atoms with E-state index in [1.165, 1.54) is 7.11 Å². The van der Waals surface area contributed by atoms with Crippen LogP contribution in [-0.2, 0) is 9.53 Å². The summed E-state index contributed by atoms with van der Waals surface area (Å²) in [6.07, 6.45) is 3.02. The molecule has 0 unspecified atom stereocenters. The van der Waals surface area contributed by atoms with Crippen molar-refractivity contribution in [2.75, 3.05) is 13.7 Å². The molecule has 0 spiro atoms. The molecule has 4 nitrogen and oxygen atoms in total. The van der Waals surface area contributed by atoms with Gasteiger partial charge in [0, 0.05) is 18.5 Å². The molecule has 0 atom stereocenters. The van der Waals surface area contributed by atoms with Crippen LogP contribution >= 0.6 is 0 Å². The molecule has 0 radical (unpaired) electrons. The van der Waals surface area contributed by atoms with Gasteiger partial charge in [-0.1, -0.05) is 24.1 Å². The summed E-state index contributed by atoms with van der Waals surface area (Å²) in [5.41, 5.74) is 1.82. The second-order valence-electron chi connectivity index (χ2n) is 4.51. The summed E-state index contributed by atoms with van der Waals surface area (Å²) >= 11 is 0. The molecule has 1 aromatic rings. The molecule has 104 valence electrons. The lowest BCUT2D eigenvalue weighted by Crippen LogP contribution is -2.24. The SMILES string of the molecule is COC(=O)CCCCCNC(=O)c1ccc(C)cc1. The number of carbonyl (C=O) groups is 2. The minimum Gasteiger partial charge on any atom is -0.469 e. The van der Waals surface area contributed by atoms with Crippen LogP contribution in [0.15, 0.2) is 24.3 Å². The number of benzene rings is 1. The van der Waals surface area contributed by atoms with E-state index in [1.54, 1.807) is 0 Å². The van der Waals surface area contributed by atoms with E-state index in [2.05, 4.69) is 10.1 Å². The zero-order valence-corrected chi connectivity index (χ0v) is 11.6. The van der Waals surface area contributed by atoms with Gasteiger partial charge in [-0.2, -0.15) is 0 Å². The average Bonchev–Trinajstić information content (AvgIpc) is 2.42. The van der Waals surface area contributed by atoms with E-state index in [4.69, 9.17) is 0 Å². The van der Waals surface area contributed by atoms with Crippen LogP contribution < -0.4 is 5.32 Å². The number of esters is 1. The van der Waals surface area contributed by atoms with Gasteiger partial charge in [-0.05, 0) is 31.9 Å². The molecule has 0 saturated carbocycles. The van der Waals surface area contributed by atoms with Crippen LogP contribution in [0.2, 0.25) is 0 Å². The summed E-state index contributed by atoms with van der Waals surface area (Å²) < 4.78 is 4.55. The maximum Gasteiger partial charge on any atom is 0.305 e. The number of ether oxygens (including phenoxy) is 1. The minimum atomic E-state index is -0.177. The second kappa shape index (κ2) is 8.29. The van der Waals surface area contributed by atoms with Gasteiger partial charge >= 0.3 is 5.97 Å². The lowest BCUT2D eigenvalue weighted by Gasteiger charge is -2.05. The lowest BCUT2D eigenvalue weighted by atomic mass is 10.1. The molecule has 0 saturated heterocycles. The number of rotatable bonds is 7. The number of methoxy groups -OCH3 is 1. The Morgan fingerprint density at radius 3 is 2.42 bits per heavy atom. The molecule has 0 bridgehead atoms. The maximum atomic E-state index is 11.8. The van der Waals surface area contributed by atoms with Crippen molar-refractivity contribution < 1.29 is 14.3 Å². The standard InChI is InChI=1S/C15H21NO3/c1-12-7-9-13(10-8-12)15(18)16-11-5-3-4-6-14(17)19-2/h7-10H,3-6,11H2,1-2H3,(H,16,18). The van der Waals surface area contributed by atoms with Gasteiger partial charge < -0.3 is 10.1 Å². The molecule has 0 aliphatic heterocycles. The Hall–Kier alpha value is -1.84. The summed E-state index contributed by atoms with van der Waals surface area (Å²) in [7, 11) is 1.39. The van der Waals surface area contributed by atoms with Crippen LogP contribution in [0, 0.1) is 6.92 Å². The number of amides is 1. The Bertz CT molecular complexity index is 412. The molecule has 0 fully saturated rings. The largest absolute Gasteiger partial charge is 0.469 e. The van der Waals surface area contributed by atoms with Crippen LogP contribution in [-0.4, -0.2) is 25.5 Å². The first-order valence-corrected chi connectivity index (χ1v) is 6.55. The number of aryl methyl sites for hydroxylation is 1. The van der Waals surface area contributed by atoms with Gasteiger partial charge in [-0.25, -0.2) is 0 Å². The number of hydrogen-bond donors (Lipinski definition) is 1. The van der Waals surface area contributed by atoms with Gasteiger partial charge in [-0.15, -0.1) is 0 Å². The molecule has 1 N–H and O–H groups in total. The van der Waals surface area contributed by atoms with Crippen molar-refractivity contribution in [3.63, 3.8) is 0 Å². The molecule has 0 aliphatic rings. The molecule has 4 heteroatoms. The molecule has 1 amide bonds. The van der Waals surface area contributed by atoms with Crippen LogP contribution in [0.1, 0.15) is 41.6 Å². The summed E-state index contributed by atoms with van der Waals surface area (Å²) in [5.74, 6) is -0.225. The zero-order chi connectivity index (χ0) is 14.1. The Morgan fingerprint density at radius 1 is 1.11 bits per heavy atom. The van der Waals surface area contributed by atoms with E-state index >= 15 is 0 Å². The van der Waals surface area contributed by atoms with Crippen LogP contribution in [0.3, 0.4) is 0 Å². The first-order valence-electron chi connectivity index (χ1n) is 6.55. The molecule has 1 rings (SSSR count). The molecule has 0 heterocycles. The van der Waals surface area contributed by atoms with E-state index in [9.17, 15) is 9.59 Å². The fourth-order valence-corrected chi connectivity index (χ4v) is 1.68. The number of unbranched alkanes of at least 4 members (excludes halogenated alkanes) is 2. The van der Waals surface area contributed by atoms with E-state index in [0.717, 1.165) is 24.8 Å². The van der Waals surface area contributed by atoms with Gasteiger partial charge in [0.25, 0.3) is 5.91 Å². The third-order valence-corrected chi connectivity index (χ3v) is 2.88. The second-order valence-corrected chi connectivity index (χ2v) is 4.51. The molecular weight excluding hydrogens is 242 g/mol. The number of carbonyl (C=O) groups excluding carboxylic acids is 2. The van der Waals surface area contributed by atoms with Crippen molar-refractivity contribution in [2.24, 2.45) is 0 Å². The fraction of sp³-hybridized carbons (Fsp3) is 0.467. The Kier molecular flexibility index (Phi) is 6.64. The summed E-state index contributed by atoms with van der Waals surface area (Å²) in [6, 6.07) is 7.49. The van der Waals surface area contributed by atoms with Crippen LogP contribution in [0.25, 0.3) is 0 Å². The van der Waals surface area contributed by atoms with Crippen molar-refractivity contribution in [1.82, 2.24) is 5.32 Å². The Labute approximate surface area is 114 Å². The first kappa shape index (κ1) is 15.2. The number of nitrogens with one attached hydrogen (secondary N) is 1. The van der Waals surface area contributed by atoms with E-state index < -0.39 is 0 Å². The highest BCUT2D eigenvalue weighted by molar-refractivity contribution is 5.94. The van der Waals surface area contributed by atoms with Crippen molar-refractivity contribution in [3.05, 3.63) is 35.4 Å². The van der Waals surface area contributed by atoms with Gasteiger partial charge in [0.1, 0.15) is 0 Å². The van der Waals surface area contributed by atoms with Crippen LogP contribution in [0.5, 0.6) is 0 Å². The predicted molar refractivity (Wildman–Crippen MR) is 74.0 cm³/mol. The summed E-state index contributed by atoms with van der Waals surface area (Å²) in [6.45, 7) is 2.62. The maximum absolute atomic E-state index is 11.8. The third kappa shape index (κ3) is 6.04. The van der Waals surface area contributed by atoms with Crippen molar-refractivity contribution in [1.29, 1.82) is 0 Å². The molecule has 1 aromatic carbocycles. The Morgan fingerprint density at radius 2 is 1.79 bits per heavy atom. The normalized spacial score (nSPS) is 10.0. The molecule has 0 aliphatic carbocycles. The minimum absolute atomic E-state index is 0.0482. The summed E-state index contributed by atoms with van der Waals surface area (Å²) in [4.78, 5) is 22.6. The molecule has 19 heavy (non-hydrogen) atoms. The third-order valence-electron chi connectivity index (χ3n) is 2.88. The quantitative estimate of drug-likeness (QED) is 0.607. The highest BCUT2D eigenvalue weighted by Crippen LogP contribution is 2.03. The number of hydrogen-bond acceptors (Lipinski definition) is 3. The van der Waals surface area contributed by atoms with E-state index in [-0.39, 0.29) is 11.9 Å². The molecular formula is C15H21NO3. The Balaban J connectivity index is 2.14. The van der Waals surface area contributed by atoms with Crippen molar-refractivity contribution >= 4 is 11.9 Å². The first-order chi connectivity index (χ1) is 9.13. The predicted octanol–water partition coefficient (Wildman–Crippen LogP) is 2.46. The van der Waals surface area contributed by atoms with Gasteiger partial charge in [0.05, 0.1) is 7.11 Å². The van der Waals surface area contributed by atoms with E-state index in [0.29, 0.717) is 18.5 Å². The zero-order valence-electron chi connectivity index (χ0n) is 11.6. The van der Waals surface area contributed by atoms with Crippen LogP contribution in [0.4, 0.5) is 0 Å². The van der Waals surface area contributed by atoms with Gasteiger partial charge in [-0.3, -0.25) is 9.59 Å². The van der Waals surface area contributed by atoms with Gasteiger partial charge in [0.2, 0.25) is 0 Å². The topological polar surface area (TPSA) is 55.4 Å². The highest BCUT2D eigenvalue weighted by Gasteiger charge is 2.04. The lowest BCUT2D eigenvalue weighted by molar-refractivity contribution is -0.140. The average molecular weight is 263 g/mol. The smallest absolute Gasteiger partial charge is 0.305 e. The van der Waals surface area contributed by atoms with Gasteiger partial charge in [0.15, 0.2) is 0 Å². The van der Waals surface area contributed by atoms with E-state index in [1.807, 2.05) is 31.2 Å². The fourth-order valence-electron chi connectivity index (χ4n) is 1.68. The summed E-state index contributed by atoms with van der Waals surface area (Å²) in [5, 5.41) is 2.87. The highest BCUT2D eigenvalue weighted by atomic mass is 16.5. The van der Waals surface area contributed by atoms with Crippen molar-refractivity contribution in [3.8, 4) is 0 Å². The monoisotopic (exact) mass is 263 g/mol. The van der Waals surface area contributed by atoms with Crippen molar-refractivity contribution in [2.45, 2.75) is 32.6 Å².